The highest BCUT2D eigenvalue weighted by Gasteiger charge is 2.26. The Morgan fingerprint density at radius 1 is 1.23 bits per heavy atom. The zero-order valence-corrected chi connectivity index (χ0v) is 15.7. The molecule has 1 N–H and O–H groups in total. The van der Waals surface area contributed by atoms with Gasteiger partial charge in [0.1, 0.15) is 5.82 Å². The maximum atomic E-state index is 12.5. The number of nitrogens with zero attached hydrogens (tertiary/aromatic N) is 3. The molecule has 5 heteroatoms. The van der Waals surface area contributed by atoms with Crippen LogP contribution in [-0.2, 0) is 6.54 Å². The van der Waals surface area contributed by atoms with E-state index in [-0.39, 0.29) is 5.91 Å². The number of likely N-dealkylation sites (tertiary alicyclic amines) is 1. The van der Waals surface area contributed by atoms with Gasteiger partial charge in [0.05, 0.1) is 11.3 Å². The second-order valence-electron chi connectivity index (χ2n) is 7.01. The average Bonchev–Trinajstić information content (AvgIpc) is 2.67. The lowest BCUT2D eigenvalue weighted by molar-refractivity contribution is 0.0950. The number of benzene rings is 1. The molecule has 0 spiro atoms. The Bertz CT molecular complexity index is 724. The van der Waals surface area contributed by atoms with E-state index in [0.29, 0.717) is 18.0 Å². The van der Waals surface area contributed by atoms with Crippen molar-refractivity contribution in [2.75, 3.05) is 19.6 Å². The van der Waals surface area contributed by atoms with Gasteiger partial charge in [0.25, 0.3) is 5.91 Å². The van der Waals surface area contributed by atoms with E-state index in [9.17, 15) is 4.79 Å². The highest BCUT2D eigenvalue weighted by Crippen LogP contribution is 2.29. The summed E-state index contributed by atoms with van der Waals surface area (Å²) in [7, 11) is 0. The Balaban J connectivity index is 1.67. The number of aromatic nitrogens is 2. The Hall–Kier alpha value is -2.27. The van der Waals surface area contributed by atoms with Gasteiger partial charge in [0.2, 0.25) is 0 Å². The number of aryl methyl sites for hydroxylation is 1. The summed E-state index contributed by atoms with van der Waals surface area (Å²) in [6, 6.07) is 10.6. The summed E-state index contributed by atoms with van der Waals surface area (Å²) in [6.45, 7) is 7.66. The predicted octanol–water partition coefficient (Wildman–Crippen LogP) is 3.30. The number of piperidine rings is 1. The summed E-state index contributed by atoms with van der Waals surface area (Å²) >= 11 is 0. The highest BCUT2D eigenvalue weighted by atomic mass is 16.1. The molecule has 0 saturated carbocycles. The third kappa shape index (κ3) is 4.67. The molecule has 2 heterocycles. The van der Waals surface area contributed by atoms with Crippen LogP contribution in [-0.4, -0.2) is 40.4 Å². The van der Waals surface area contributed by atoms with Gasteiger partial charge < -0.3 is 5.32 Å². The minimum absolute atomic E-state index is 0.0476. The Labute approximate surface area is 155 Å². The number of nitrogens with one attached hydrogen (secondary N) is 1. The lowest BCUT2D eigenvalue weighted by Gasteiger charge is -2.32. The van der Waals surface area contributed by atoms with Crippen molar-refractivity contribution in [2.45, 2.75) is 45.6 Å². The minimum atomic E-state index is -0.0476. The number of hydrogen-bond donors (Lipinski definition) is 1. The molecule has 0 aliphatic carbocycles. The fourth-order valence-electron chi connectivity index (χ4n) is 3.51. The zero-order chi connectivity index (χ0) is 18.4. The molecule has 1 aromatic heterocycles. The van der Waals surface area contributed by atoms with E-state index in [2.05, 4.69) is 57.4 Å². The van der Waals surface area contributed by atoms with Crippen LogP contribution in [0.5, 0.6) is 0 Å². The molecule has 0 bridgehead atoms. The molecule has 1 fully saturated rings. The first kappa shape index (κ1) is 18.5. The van der Waals surface area contributed by atoms with Crippen molar-refractivity contribution in [3.63, 3.8) is 0 Å². The average molecular weight is 352 g/mol. The first-order valence-corrected chi connectivity index (χ1v) is 9.55. The fourth-order valence-corrected chi connectivity index (χ4v) is 3.51. The molecular formula is C21H28N4O. The third-order valence-electron chi connectivity index (χ3n) is 4.94. The molecule has 1 aliphatic rings. The van der Waals surface area contributed by atoms with E-state index >= 15 is 0 Å². The summed E-state index contributed by atoms with van der Waals surface area (Å²) in [4.78, 5) is 23.9. The molecule has 2 aromatic rings. The molecule has 1 aromatic carbocycles. The van der Waals surface area contributed by atoms with Gasteiger partial charge >= 0.3 is 0 Å². The third-order valence-corrected chi connectivity index (χ3v) is 4.94. The summed E-state index contributed by atoms with van der Waals surface area (Å²) in [5.74, 6) is 1.01. The van der Waals surface area contributed by atoms with Crippen molar-refractivity contribution in [3.05, 3.63) is 59.2 Å². The summed E-state index contributed by atoms with van der Waals surface area (Å²) < 4.78 is 0. The van der Waals surface area contributed by atoms with Gasteiger partial charge in [-0.05, 0) is 44.8 Å². The van der Waals surface area contributed by atoms with E-state index in [1.54, 1.807) is 6.20 Å². The molecule has 1 saturated heterocycles. The lowest BCUT2D eigenvalue weighted by atomic mass is 9.90. The van der Waals surface area contributed by atoms with Gasteiger partial charge in [-0.1, -0.05) is 37.3 Å². The number of hydrogen-bond acceptors (Lipinski definition) is 4. The van der Waals surface area contributed by atoms with Crippen molar-refractivity contribution < 1.29 is 4.79 Å². The number of carbonyl (C=O) groups excluding carboxylic acids is 1. The molecule has 138 valence electrons. The van der Waals surface area contributed by atoms with Gasteiger partial charge in [-0.3, -0.25) is 9.69 Å². The molecular weight excluding hydrogens is 324 g/mol. The molecule has 5 nitrogen and oxygen atoms in total. The van der Waals surface area contributed by atoms with Gasteiger partial charge in [-0.25, -0.2) is 9.97 Å². The molecule has 0 atom stereocenters. The highest BCUT2D eigenvalue weighted by molar-refractivity contribution is 5.95. The van der Waals surface area contributed by atoms with Crippen LogP contribution >= 0.6 is 0 Å². The Morgan fingerprint density at radius 2 is 1.96 bits per heavy atom. The van der Waals surface area contributed by atoms with Crippen LogP contribution in [0.15, 0.2) is 36.5 Å². The molecule has 0 radical (unpaired) electrons. The van der Waals surface area contributed by atoms with Crippen LogP contribution in [0.2, 0.25) is 0 Å². The van der Waals surface area contributed by atoms with Gasteiger partial charge in [-0.2, -0.15) is 0 Å². The summed E-state index contributed by atoms with van der Waals surface area (Å²) in [6.07, 6.45) is 4.67. The van der Waals surface area contributed by atoms with E-state index in [1.165, 1.54) is 5.56 Å². The zero-order valence-electron chi connectivity index (χ0n) is 15.7. The van der Waals surface area contributed by atoms with Gasteiger partial charge in [0, 0.05) is 25.2 Å². The monoisotopic (exact) mass is 352 g/mol. The largest absolute Gasteiger partial charge is 0.352 e. The number of amides is 1. The first-order valence-electron chi connectivity index (χ1n) is 9.55. The van der Waals surface area contributed by atoms with Crippen molar-refractivity contribution in [1.29, 1.82) is 0 Å². The first-order chi connectivity index (χ1) is 12.7. The molecule has 0 unspecified atom stereocenters. The maximum absolute atomic E-state index is 12.5. The molecule has 1 amide bonds. The lowest BCUT2D eigenvalue weighted by Crippen LogP contribution is -2.34. The fraction of sp³-hybridized carbons (Fsp3) is 0.476. The normalized spacial score (nSPS) is 15.8. The van der Waals surface area contributed by atoms with E-state index in [4.69, 9.17) is 0 Å². The number of carbonyl (C=O) groups is 1. The van der Waals surface area contributed by atoms with Crippen molar-refractivity contribution in [2.24, 2.45) is 0 Å². The van der Waals surface area contributed by atoms with Gasteiger partial charge in [-0.15, -0.1) is 0 Å². The predicted molar refractivity (Wildman–Crippen MR) is 103 cm³/mol. The van der Waals surface area contributed by atoms with Crippen LogP contribution in [0.25, 0.3) is 0 Å². The maximum Gasteiger partial charge on any atom is 0.254 e. The Morgan fingerprint density at radius 3 is 2.65 bits per heavy atom. The van der Waals surface area contributed by atoms with Crippen LogP contribution in [0.3, 0.4) is 0 Å². The number of rotatable bonds is 6. The second-order valence-corrected chi connectivity index (χ2v) is 7.01. The summed E-state index contributed by atoms with van der Waals surface area (Å²) in [5, 5.41) is 2.96. The van der Waals surface area contributed by atoms with Crippen molar-refractivity contribution in [1.82, 2.24) is 20.2 Å². The SMILES string of the molecule is CCCNC(=O)c1cnc(C)nc1C1CCN(Cc2ccccc2)CC1. The van der Waals surface area contributed by atoms with Crippen LogP contribution in [0.1, 0.15) is 59.5 Å². The van der Waals surface area contributed by atoms with Crippen LogP contribution < -0.4 is 5.32 Å². The second kappa shape index (κ2) is 8.90. The molecule has 3 rings (SSSR count). The van der Waals surface area contributed by atoms with Gasteiger partial charge in [0.15, 0.2) is 0 Å². The quantitative estimate of drug-likeness (QED) is 0.866. The van der Waals surface area contributed by atoms with Crippen molar-refractivity contribution in [3.8, 4) is 0 Å². The minimum Gasteiger partial charge on any atom is -0.352 e. The van der Waals surface area contributed by atoms with Crippen LogP contribution in [0.4, 0.5) is 0 Å². The smallest absolute Gasteiger partial charge is 0.254 e. The molecule has 26 heavy (non-hydrogen) atoms. The molecule has 1 aliphatic heterocycles. The van der Waals surface area contributed by atoms with E-state index < -0.39 is 0 Å². The summed E-state index contributed by atoms with van der Waals surface area (Å²) in [5.41, 5.74) is 2.92. The Kier molecular flexibility index (Phi) is 6.34. The van der Waals surface area contributed by atoms with E-state index in [0.717, 1.165) is 50.4 Å². The standard InChI is InChI=1S/C21H28N4O/c1-3-11-22-21(26)19-14-23-16(2)24-20(19)18-9-12-25(13-10-18)15-17-7-5-4-6-8-17/h4-8,14,18H,3,9-13,15H2,1-2H3,(H,22,26). The van der Waals surface area contributed by atoms with Crippen LogP contribution in [0, 0.1) is 6.92 Å². The topological polar surface area (TPSA) is 58.1 Å². The van der Waals surface area contributed by atoms with E-state index in [1.807, 2.05) is 6.92 Å². The van der Waals surface area contributed by atoms with Crippen molar-refractivity contribution >= 4 is 5.91 Å².